The highest BCUT2D eigenvalue weighted by atomic mass is 35.5. The summed E-state index contributed by atoms with van der Waals surface area (Å²) in [5.74, 6) is -2.06. The Morgan fingerprint density at radius 3 is 2.37 bits per heavy atom. The number of hydrogen-bond donors (Lipinski definition) is 1. The van der Waals surface area contributed by atoms with Gasteiger partial charge in [0.25, 0.3) is 11.8 Å². The van der Waals surface area contributed by atoms with Crippen molar-refractivity contribution in [1.82, 2.24) is 14.8 Å². The molecule has 14 heteroatoms. The molecule has 0 aliphatic heterocycles. The summed E-state index contributed by atoms with van der Waals surface area (Å²) >= 11 is 12.2. The number of rotatable bonds is 6. The number of aromatic nitrogens is 3. The molecule has 0 saturated heterocycles. The number of benzene rings is 1. The monoisotopic (exact) mass is 584 g/mol. The molecule has 200 valence electrons. The lowest BCUT2D eigenvalue weighted by Gasteiger charge is -2.16. The average Bonchev–Trinajstić information content (AvgIpc) is 3.29. The molecule has 0 saturated carbocycles. The predicted molar refractivity (Wildman–Crippen MR) is 140 cm³/mol. The summed E-state index contributed by atoms with van der Waals surface area (Å²) in [5, 5.41) is 15.6. The first-order valence-electron chi connectivity index (χ1n) is 11.1. The van der Waals surface area contributed by atoms with Crippen molar-refractivity contribution < 1.29 is 22.8 Å². The molecule has 2 heterocycles. The van der Waals surface area contributed by atoms with Gasteiger partial charge in [0, 0.05) is 27.8 Å². The smallest absolute Gasteiger partial charge is 0.319 e. The van der Waals surface area contributed by atoms with Crippen molar-refractivity contribution >= 4 is 51.4 Å². The van der Waals surface area contributed by atoms with Crippen molar-refractivity contribution in [2.45, 2.75) is 44.4 Å². The van der Waals surface area contributed by atoms with Crippen molar-refractivity contribution in [1.29, 1.82) is 5.26 Å². The lowest BCUT2D eigenvalue weighted by Crippen LogP contribution is -2.21. The molecule has 2 aromatic heterocycles. The standard InChI is InChI=1S/C24H21Cl2F3N6O2S/c1-12(2)38(13(3)4)34-22(36)16-9-15(25)8-14(11-30)20(16)32-23(37)18-10-19(24(27,28)29)33-35(18)21-17(26)6-5-7-31-21/h5-10,12-13H,1-4H3,(H,32,37). The summed E-state index contributed by atoms with van der Waals surface area (Å²) in [6.45, 7) is 7.62. The van der Waals surface area contributed by atoms with Gasteiger partial charge in [-0.1, -0.05) is 61.6 Å². The van der Waals surface area contributed by atoms with Crippen molar-refractivity contribution in [3.05, 3.63) is 69.1 Å². The molecule has 0 bridgehead atoms. The largest absolute Gasteiger partial charge is 0.435 e. The van der Waals surface area contributed by atoms with Gasteiger partial charge in [-0.3, -0.25) is 9.59 Å². The highest BCUT2D eigenvalue weighted by Crippen LogP contribution is 2.32. The molecule has 1 aromatic carbocycles. The van der Waals surface area contributed by atoms with E-state index >= 15 is 0 Å². The third kappa shape index (κ3) is 6.40. The molecule has 0 fully saturated rings. The molecule has 0 unspecified atom stereocenters. The van der Waals surface area contributed by atoms with Crippen LogP contribution in [0.15, 0.2) is 40.9 Å². The summed E-state index contributed by atoms with van der Waals surface area (Å²) in [6, 6.07) is 7.64. The first-order valence-corrected chi connectivity index (χ1v) is 13.1. The van der Waals surface area contributed by atoms with Gasteiger partial charge in [0.15, 0.2) is 11.5 Å². The van der Waals surface area contributed by atoms with Gasteiger partial charge in [0.05, 0.1) is 21.8 Å². The second kappa shape index (κ2) is 11.6. The van der Waals surface area contributed by atoms with Crippen molar-refractivity contribution in [2.75, 3.05) is 5.32 Å². The van der Waals surface area contributed by atoms with Crippen LogP contribution in [0.3, 0.4) is 0 Å². The number of carbonyl (C=O) groups is 2. The Bertz CT molecular complexity index is 1470. The van der Waals surface area contributed by atoms with E-state index in [0.717, 1.165) is 0 Å². The Balaban J connectivity index is 2.17. The van der Waals surface area contributed by atoms with Crippen LogP contribution >= 0.6 is 23.2 Å². The lowest BCUT2D eigenvalue weighted by molar-refractivity contribution is -0.141. The molecule has 1 N–H and O–H groups in total. The summed E-state index contributed by atoms with van der Waals surface area (Å²) < 4.78 is 45.4. The predicted octanol–water partition coefficient (Wildman–Crippen LogP) is 6.48. The van der Waals surface area contributed by atoms with Crippen LogP contribution in [0.2, 0.25) is 10.0 Å². The summed E-state index contributed by atoms with van der Waals surface area (Å²) in [4.78, 5) is 30.5. The minimum absolute atomic E-state index is 0.0323. The van der Waals surface area contributed by atoms with Crippen LogP contribution in [0, 0.1) is 11.3 Å². The zero-order chi connectivity index (χ0) is 28.4. The van der Waals surface area contributed by atoms with Crippen LogP contribution < -0.4 is 5.32 Å². The maximum Gasteiger partial charge on any atom is 0.435 e. The third-order valence-corrected chi connectivity index (χ3v) is 7.84. The molecule has 0 aliphatic rings. The van der Waals surface area contributed by atoms with E-state index in [1.54, 1.807) is 0 Å². The number of nitriles is 1. The molecule has 0 aliphatic carbocycles. The number of carbonyl (C=O) groups excluding carboxylic acids is 2. The van der Waals surface area contributed by atoms with E-state index < -0.39 is 40.1 Å². The molecular formula is C24H21Cl2F3N6O2S. The number of nitrogens with one attached hydrogen (secondary N) is 1. The Labute approximate surface area is 228 Å². The first-order chi connectivity index (χ1) is 17.7. The van der Waals surface area contributed by atoms with Gasteiger partial charge < -0.3 is 5.32 Å². The zero-order valence-corrected chi connectivity index (χ0v) is 22.8. The zero-order valence-electron chi connectivity index (χ0n) is 20.5. The van der Waals surface area contributed by atoms with E-state index in [2.05, 4.69) is 19.8 Å². The van der Waals surface area contributed by atoms with Crippen LogP contribution in [-0.4, -0.2) is 37.1 Å². The Morgan fingerprint density at radius 1 is 1.16 bits per heavy atom. The molecule has 0 spiro atoms. The number of nitrogens with zero attached hydrogens (tertiary/aromatic N) is 5. The van der Waals surface area contributed by atoms with E-state index in [1.165, 1.54) is 30.5 Å². The second-order valence-corrected chi connectivity index (χ2v) is 12.0. The maximum absolute atomic E-state index is 13.5. The Kier molecular flexibility index (Phi) is 8.97. The number of alkyl halides is 3. The van der Waals surface area contributed by atoms with E-state index in [0.29, 0.717) is 10.7 Å². The van der Waals surface area contributed by atoms with Gasteiger partial charge in [-0.05, 0) is 24.3 Å². The molecule has 3 rings (SSSR count). The van der Waals surface area contributed by atoms with Gasteiger partial charge in [0.1, 0.15) is 11.8 Å². The summed E-state index contributed by atoms with van der Waals surface area (Å²) in [7, 11) is -0.694. The molecule has 0 atom stereocenters. The van der Waals surface area contributed by atoms with Crippen molar-refractivity contribution in [2.24, 2.45) is 4.36 Å². The SMILES string of the molecule is CC(C)S(=NC(=O)c1cc(Cl)cc(C#N)c1NC(=O)c1cc(C(F)(F)F)nn1-c1ncccc1Cl)C(C)C. The minimum atomic E-state index is -4.89. The fourth-order valence-electron chi connectivity index (χ4n) is 3.45. The molecule has 3 aromatic rings. The molecule has 38 heavy (non-hydrogen) atoms. The number of pyridine rings is 1. The third-order valence-electron chi connectivity index (χ3n) is 5.02. The van der Waals surface area contributed by atoms with Crippen LogP contribution in [0.4, 0.5) is 18.9 Å². The fourth-order valence-corrected chi connectivity index (χ4v) is 5.67. The first kappa shape index (κ1) is 29.3. The second-order valence-electron chi connectivity index (χ2n) is 8.42. The summed E-state index contributed by atoms with van der Waals surface area (Å²) in [6.07, 6.45) is -3.62. The number of halogens is 5. The average molecular weight is 585 g/mol. The van der Waals surface area contributed by atoms with Crippen LogP contribution in [0.25, 0.3) is 5.82 Å². The maximum atomic E-state index is 13.5. The number of hydrogen-bond acceptors (Lipinski definition) is 5. The highest BCUT2D eigenvalue weighted by Gasteiger charge is 2.37. The van der Waals surface area contributed by atoms with Crippen LogP contribution in [0.1, 0.15) is 59.8 Å². The van der Waals surface area contributed by atoms with Crippen LogP contribution in [-0.2, 0) is 16.9 Å². The Hall–Kier alpha value is -3.27. The topological polar surface area (TPSA) is 113 Å². The van der Waals surface area contributed by atoms with Gasteiger partial charge in [-0.25, -0.2) is 9.67 Å². The van der Waals surface area contributed by atoms with E-state index in [4.69, 9.17) is 23.2 Å². The minimum Gasteiger partial charge on any atom is -0.319 e. The summed E-state index contributed by atoms with van der Waals surface area (Å²) in [5.41, 5.74) is -2.57. The molecule has 2 amide bonds. The normalized spacial score (nSPS) is 11.7. The van der Waals surface area contributed by atoms with E-state index in [1.807, 2.05) is 33.8 Å². The van der Waals surface area contributed by atoms with Gasteiger partial charge in [-0.15, -0.1) is 0 Å². The van der Waals surface area contributed by atoms with Gasteiger partial charge in [-0.2, -0.15) is 27.9 Å². The highest BCUT2D eigenvalue weighted by molar-refractivity contribution is 7.88. The van der Waals surface area contributed by atoms with E-state index in [-0.39, 0.29) is 43.2 Å². The van der Waals surface area contributed by atoms with Gasteiger partial charge >= 0.3 is 6.18 Å². The lowest BCUT2D eigenvalue weighted by atomic mass is 10.1. The quantitative estimate of drug-likeness (QED) is 0.356. The van der Waals surface area contributed by atoms with Gasteiger partial charge in [0.2, 0.25) is 0 Å². The number of anilines is 1. The van der Waals surface area contributed by atoms with E-state index in [9.17, 15) is 28.0 Å². The Morgan fingerprint density at radius 2 is 1.82 bits per heavy atom. The van der Waals surface area contributed by atoms with Crippen molar-refractivity contribution in [3.8, 4) is 11.9 Å². The molecule has 8 nitrogen and oxygen atoms in total. The van der Waals surface area contributed by atoms with Crippen LogP contribution in [0.5, 0.6) is 0 Å². The molecular weight excluding hydrogens is 564 g/mol. The van der Waals surface area contributed by atoms with Crippen molar-refractivity contribution in [3.63, 3.8) is 0 Å². The fraction of sp³-hybridized carbons (Fsp3) is 0.292. The number of amides is 2. The molecule has 0 radical (unpaired) electrons.